The number of amides is 1. The molecule has 1 aliphatic rings. The van der Waals surface area contributed by atoms with Crippen molar-refractivity contribution in [1.82, 2.24) is 5.32 Å². The van der Waals surface area contributed by atoms with Crippen molar-refractivity contribution < 1.29 is 28.9 Å². The first-order chi connectivity index (χ1) is 15.3. The molecule has 6 nitrogen and oxygen atoms in total. The highest BCUT2D eigenvalue weighted by Gasteiger charge is 2.43. The molecule has 0 saturated carbocycles. The quantitative estimate of drug-likeness (QED) is 0.579. The van der Waals surface area contributed by atoms with Crippen molar-refractivity contribution in [1.29, 1.82) is 0 Å². The van der Waals surface area contributed by atoms with Gasteiger partial charge in [-0.25, -0.2) is 4.39 Å². The number of hydrogen-bond donors (Lipinski definition) is 3. The predicted molar refractivity (Wildman–Crippen MR) is 120 cm³/mol. The van der Waals surface area contributed by atoms with Crippen molar-refractivity contribution in [2.75, 3.05) is 6.54 Å². The van der Waals surface area contributed by atoms with Gasteiger partial charge in [0.25, 0.3) is 0 Å². The number of hydrogen-bond acceptors (Lipinski definition) is 5. The molecule has 1 heterocycles. The van der Waals surface area contributed by atoms with Gasteiger partial charge in [0.1, 0.15) is 17.7 Å². The Morgan fingerprint density at radius 1 is 1.19 bits per heavy atom. The van der Waals surface area contributed by atoms with Gasteiger partial charge in [0.2, 0.25) is 12.2 Å². The van der Waals surface area contributed by atoms with Crippen LogP contribution in [0, 0.1) is 11.7 Å². The van der Waals surface area contributed by atoms with E-state index >= 15 is 0 Å². The smallest absolute Gasteiger partial charge is 0.228 e. The Morgan fingerprint density at radius 3 is 2.66 bits per heavy atom. The summed E-state index contributed by atoms with van der Waals surface area (Å²) in [6.07, 6.45) is -1.17. The van der Waals surface area contributed by atoms with Crippen LogP contribution in [0.4, 0.5) is 4.39 Å². The molecular formula is C25H32FNO5. The average Bonchev–Trinajstić information content (AvgIpc) is 2.76. The monoisotopic (exact) mass is 445 g/mol. The Hall–Kier alpha value is -2.48. The largest absolute Gasteiger partial charge is 0.462 e. The first-order valence-corrected chi connectivity index (χ1v) is 11.1. The Morgan fingerprint density at radius 2 is 1.97 bits per heavy atom. The highest BCUT2D eigenvalue weighted by atomic mass is 19.1. The normalized spacial score (nSPS) is 25.4. The van der Waals surface area contributed by atoms with Gasteiger partial charge >= 0.3 is 0 Å². The van der Waals surface area contributed by atoms with Crippen molar-refractivity contribution in [2.45, 2.75) is 64.6 Å². The summed E-state index contributed by atoms with van der Waals surface area (Å²) >= 11 is 0. The fourth-order valence-corrected chi connectivity index (χ4v) is 4.06. The molecule has 7 heteroatoms. The lowest BCUT2D eigenvalue weighted by Crippen LogP contribution is -2.55. The van der Waals surface area contributed by atoms with Crippen LogP contribution in [0.3, 0.4) is 0 Å². The van der Waals surface area contributed by atoms with Crippen molar-refractivity contribution in [2.24, 2.45) is 5.92 Å². The van der Waals surface area contributed by atoms with Gasteiger partial charge in [0.05, 0.1) is 12.2 Å². The zero-order chi connectivity index (χ0) is 23.3. The van der Waals surface area contributed by atoms with Crippen molar-refractivity contribution in [3.05, 3.63) is 53.8 Å². The number of rotatable bonds is 8. The fourth-order valence-electron chi connectivity index (χ4n) is 4.06. The lowest BCUT2D eigenvalue weighted by molar-refractivity contribution is -0.256. The summed E-state index contributed by atoms with van der Waals surface area (Å²) in [5.41, 5.74) is 2.35. The molecule has 32 heavy (non-hydrogen) atoms. The van der Waals surface area contributed by atoms with Gasteiger partial charge in [-0.1, -0.05) is 38.5 Å². The van der Waals surface area contributed by atoms with Gasteiger partial charge in [-0.15, -0.1) is 0 Å². The molecule has 3 rings (SSSR count). The molecule has 5 atom stereocenters. The van der Waals surface area contributed by atoms with Crippen LogP contribution in [0.2, 0.25) is 0 Å². The van der Waals surface area contributed by atoms with E-state index in [1.54, 1.807) is 24.3 Å². The summed E-state index contributed by atoms with van der Waals surface area (Å²) in [7, 11) is 0. The summed E-state index contributed by atoms with van der Waals surface area (Å²) in [4.78, 5) is 11.2. The highest BCUT2D eigenvalue weighted by molar-refractivity contribution is 5.73. The second-order valence-electron chi connectivity index (χ2n) is 8.35. The molecule has 1 aliphatic heterocycles. The number of benzene rings is 2. The zero-order valence-electron chi connectivity index (χ0n) is 18.8. The van der Waals surface area contributed by atoms with Crippen molar-refractivity contribution in [3.63, 3.8) is 0 Å². The minimum Gasteiger partial charge on any atom is -0.462 e. The van der Waals surface area contributed by atoms with E-state index in [4.69, 9.17) is 9.47 Å². The zero-order valence-corrected chi connectivity index (χ0v) is 18.8. The summed E-state index contributed by atoms with van der Waals surface area (Å²) in [5.74, 6) is -0.236. The van der Waals surface area contributed by atoms with Crippen LogP contribution in [0.15, 0.2) is 42.5 Å². The van der Waals surface area contributed by atoms with Crippen LogP contribution in [-0.2, 0) is 16.0 Å². The van der Waals surface area contributed by atoms with Gasteiger partial charge < -0.3 is 25.0 Å². The lowest BCUT2D eigenvalue weighted by atomic mass is 9.88. The fraction of sp³-hybridized carbons (Fsp3) is 0.480. The van der Waals surface area contributed by atoms with E-state index in [0.29, 0.717) is 24.3 Å². The highest BCUT2D eigenvalue weighted by Crippen LogP contribution is 2.33. The average molecular weight is 446 g/mol. The molecule has 0 bridgehead atoms. The lowest BCUT2D eigenvalue weighted by Gasteiger charge is -2.41. The molecule has 2 aromatic rings. The molecule has 0 aliphatic carbocycles. The predicted octanol–water partition coefficient (Wildman–Crippen LogP) is 3.43. The standard InChI is InChI=1S/C25H32FNO5/c1-4-6-22-15(2)23(29)24(30)25(32-22)31-20-10-9-17(11-12-27-16(3)28)21(14-20)18-7-5-8-19(26)13-18/h5,7-10,13-15,22-25,29-30H,4,6,11-12H2,1-3H3,(H,27,28)/t15-,22+,23+,24+,25-/m0/s1. The molecule has 1 fully saturated rings. The molecule has 0 radical (unpaired) electrons. The SMILES string of the molecule is CCC[C@H]1O[C@H](Oc2ccc(CCNC(C)=O)c(-c3cccc(F)c3)c2)[C@H](O)[C@H](O)[C@H]1C. The number of ether oxygens (including phenoxy) is 2. The topological polar surface area (TPSA) is 88.0 Å². The van der Waals surface area contributed by atoms with E-state index in [9.17, 15) is 19.4 Å². The maximum absolute atomic E-state index is 13.9. The van der Waals surface area contributed by atoms with Crippen molar-refractivity contribution in [3.8, 4) is 16.9 Å². The molecule has 1 saturated heterocycles. The number of nitrogens with one attached hydrogen (secondary N) is 1. The van der Waals surface area contributed by atoms with Crippen LogP contribution in [0.1, 0.15) is 39.2 Å². The molecule has 3 N–H and O–H groups in total. The van der Waals surface area contributed by atoms with Gasteiger partial charge in [0.15, 0.2) is 0 Å². The molecule has 0 aromatic heterocycles. The third-order valence-corrected chi connectivity index (χ3v) is 5.87. The maximum Gasteiger partial charge on any atom is 0.228 e. The molecule has 0 unspecified atom stereocenters. The second kappa shape index (κ2) is 10.9. The molecular weight excluding hydrogens is 413 g/mol. The summed E-state index contributed by atoms with van der Waals surface area (Å²) in [6.45, 7) is 5.80. The maximum atomic E-state index is 13.9. The summed E-state index contributed by atoms with van der Waals surface area (Å²) < 4.78 is 25.8. The number of aliphatic hydroxyl groups is 2. The van der Waals surface area contributed by atoms with E-state index in [0.717, 1.165) is 24.0 Å². The second-order valence-corrected chi connectivity index (χ2v) is 8.35. The first-order valence-electron chi connectivity index (χ1n) is 11.1. The molecule has 0 spiro atoms. The van der Waals surface area contributed by atoms with Crippen LogP contribution in [0.25, 0.3) is 11.1 Å². The minimum atomic E-state index is -1.19. The Labute approximate surface area is 188 Å². The Bertz CT molecular complexity index is 921. The van der Waals surface area contributed by atoms with Crippen LogP contribution < -0.4 is 10.1 Å². The van der Waals surface area contributed by atoms with Gasteiger partial charge in [-0.3, -0.25) is 4.79 Å². The van der Waals surface area contributed by atoms with Crippen LogP contribution in [-0.4, -0.2) is 47.3 Å². The Balaban J connectivity index is 1.86. The molecule has 2 aromatic carbocycles. The van der Waals surface area contributed by atoms with E-state index in [-0.39, 0.29) is 23.7 Å². The summed E-state index contributed by atoms with van der Waals surface area (Å²) in [5, 5.41) is 23.7. The third-order valence-electron chi connectivity index (χ3n) is 5.87. The summed E-state index contributed by atoms with van der Waals surface area (Å²) in [6, 6.07) is 11.6. The number of carbonyl (C=O) groups is 1. The first kappa shape index (κ1) is 24.2. The van der Waals surface area contributed by atoms with Gasteiger partial charge in [-0.2, -0.15) is 0 Å². The van der Waals surface area contributed by atoms with E-state index in [1.165, 1.54) is 19.1 Å². The van der Waals surface area contributed by atoms with Crippen molar-refractivity contribution >= 4 is 5.91 Å². The number of carbonyl (C=O) groups excluding carboxylic acids is 1. The van der Waals surface area contributed by atoms with Crippen LogP contribution >= 0.6 is 0 Å². The molecule has 1 amide bonds. The van der Waals surface area contributed by atoms with E-state index in [1.807, 2.05) is 19.9 Å². The third kappa shape index (κ3) is 5.85. The molecule has 174 valence electrons. The van der Waals surface area contributed by atoms with E-state index < -0.39 is 18.5 Å². The number of halogens is 1. The number of aliphatic hydroxyl groups excluding tert-OH is 2. The van der Waals surface area contributed by atoms with Gasteiger partial charge in [-0.05, 0) is 53.8 Å². The van der Waals surface area contributed by atoms with E-state index in [2.05, 4.69) is 5.32 Å². The minimum absolute atomic E-state index is 0.116. The van der Waals surface area contributed by atoms with Gasteiger partial charge in [0, 0.05) is 19.4 Å². The Kier molecular flexibility index (Phi) is 8.23. The van der Waals surface area contributed by atoms with Crippen LogP contribution in [0.5, 0.6) is 5.75 Å².